The summed E-state index contributed by atoms with van der Waals surface area (Å²) in [5.74, 6) is 1.08. The van der Waals surface area contributed by atoms with Gasteiger partial charge in [-0.25, -0.2) is 14.6 Å². The maximum absolute atomic E-state index is 12.2. The molecule has 1 aliphatic rings. The average Bonchev–Trinajstić information content (AvgIpc) is 3.05. The second-order valence-electron chi connectivity index (χ2n) is 5.25. The summed E-state index contributed by atoms with van der Waals surface area (Å²) in [6.45, 7) is 4.59. The van der Waals surface area contributed by atoms with Gasteiger partial charge in [-0.15, -0.1) is 0 Å². The van der Waals surface area contributed by atoms with Crippen molar-refractivity contribution < 1.29 is 4.79 Å². The van der Waals surface area contributed by atoms with Crippen LogP contribution in [0.4, 0.5) is 0 Å². The molecule has 1 N–H and O–H groups in total. The highest BCUT2D eigenvalue weighted by Gasteiger charge is 2.24. The summed E-state index contributed by atoms with van der Waals surface area (Å²) in [4.78, 5) is 20.5. The van der Waals surface area contributed by atoms with Gasteiger partial charge in [0.1, 0.15) is 24.5 Å². The predicted molar refractivity (Wildman–Crippen MR) is 71.9 cm³/mol. The fourth-order valence-electron chi connectivity index (χ4n) is 2.56. The van der Waals surface area contributed by atoms with Crippen molar-refractivity contribution in [1.82, 2.24) is 29.6 Å². The zero-order valence-corrected chi connectivity index (χ0v) is 11.7. The second-order valence-corrected chi connectivity index (χ2v) is 5.25. The van der Waals surface area contributed by atoms with Crippen LogP contribution < -0.4 is 5.32 Å². The van der Waals surface area contributed by atoms with E-state index in [9.17, 15) is 4.79 Å². The number of nitrogens with one attached hydrogen (secondary N) is 1. The molecule has 0 spiro atoms. The Bertz CT molecular complexity index is 602. The van der Waals surface area contributed by atoms with Gasteiger partial charge in [0.05, 0.1) is 5.69 Å². The number of hydrogen-bond donors (Lipinski definition) is 1. The Balaban J connectivity index is 1.63. The van der Waals surface area contributed by atoms with Crippen LogP contribution in [0.25, 0.3) is 0 Å². The van der Waals surface area contributed by atoms with Gasteiger partial charge in [0.15, 0.2) is 0 Å². The SMILES string of the molecule is Cc1cn2c(n1)CC[C@@H](NC(=O)[C@H](C)n1cncn1)C2. The predicted octanol–water partition coefficient (Wildman–Crippen LogP) is 0.475. The van der Waals surface area contributed by atoms with E-state index in [1.54, 1.807) is 11.0 Å². The van der Waals surface area contributed by atoms with Crippen LogP contribution >= 0.6 is 0 Å². The third kappa shape index (κ3) is 2.43. The van der Waals surface area contributed by atoms with E-state index in [0.717, 1.165) is 30.9 Å². The number of aryl methyl sites for hydroxylation is 2. The van der Waals surface area contributed by atoms with E-state index in [-0.39, 0.29) is 18.0 Å². The lowest BCUT2D eigenvalue weighted by molar-refractivity contribution is -0.125. The molecule has 0 saturated carbocycles. The third-order valence-electron chi connectivity index (χ3n) is 3.67. The van der Waals surface area contributed by atoms with Crippen molar-refractivity contribution in [2.45, 2.75) is 45.3 Å². The standard InChI is InChI=1S/C13H18N6O/c1-9-5-18-6-11(3-4-12(18)16-9)17-13(20)10(2)19-8-14-7-15-19/h5,7-8,10-11H,3-4,6H2,1-2H3,(H,17,20)/t10-,11+/m0/s1. The molecule has 7 nitrogen and oxygen atoms in total. The number of carbonyl (C=O) groups is 1. The van der Waals surface area contributed by atoms with Crippen LogP contribution in [0.15, 0.2) is 18.9 Å². The smallest absolute Gasteiger partial charge is 0.244 e. The number of nitrogens with zero attached hydrogens (tertiary/aromatic N) is 5. The maximum atomic E-state index is 12.2. The highest BCUT2D eigenvalue weighted by Crippen LogP contribution is 2.15. The highest BCUT2D eigenvalue weighted by atomic mass is 16.2. The number of hydrogen-bond acceptors (Lipinski definition) is 4. The summed E-state index contributed by atoms with van der Waals surface area (Å²) in [5.41, 5.74) is 1.03. The molecular weight excluding hydrogens is 256 g/mol. The van der Waals surface area contributed by atoms with E-state index in [0.29, 0.717) is 0 Å². The van der Waals surface area contributed by atoms with E-state index in [1.807, 2.05) is 20.0 Å². The first-order chi connectivity index (χ1) is 9.63. The molecule has 3 rings (SSSR count). The number of fused-ring (bicyclic) bond motifs is 1. The first-order valence-corrected chi connectivity index (χ1v) is 6.80. The molecule has 0 unspecified atom stereocenters. The number of rotatable bonds is 3. The first-order valence-electron chi connectivity index (χ1n) is 6.80. The molecule has 0 saturated heterocycles. The maximum Gasteiger partial charge on any atom is 0.244 e. The number of amides is 1. The van der Waals surface area contributed by atoms with Crippen LogP contribution in [0.1, 0.15) is 30.9 Å². The zero-order chi connectivity index (χ0) is 14.1. The van der Waals surface area contributed by atoms with Crippen LogP contribution in [0.5, 0.6) is 0 Å². The Morgan fingerprint density at radius 2 is 2.40 bits per heavy atom. The molecule has 0 aliphatic carbocycles. The topological polar surface area (TPSA) is 77.6 Å². The molecule has 1 aliphatic heterocycles. The van der Waals surface area contributed by atoms with Crippen molar-refractivity contribution in [2.24, 2.45) is 0 Å². The molecule has 2 atom stereocenters. The van der Waals surface area contributed by atoms with Gasteiger partial charge < -0.3 is 9.88 Å². The molecular formula is C13H18N6O. The number of aromatic nitrogens is 5. The molecule has 7 heteroatoms. The van der Waals surface area contributed by atoms with Crippen LogP contribution in [-0.2, 0) is 17.8 Å². The zero-order valence-electron chi connectivity index (χ0n) is 11.7. The number of imidazole rings is 1. The Hall–Kier alpha value is -2.18. The van der Waals surface area contributed by atoms with Crippen molar-refractivity contribution in [3.05, 3.63) is 30.4 Å². The van der Waals surface area contributed by atoms with Gasteiger partial charge in [-0.1, -0.05) is 0 Å². The summed E-state index contributed by atoms with van der Waals surface area (Å²) in [6.07, 6.45) is 6.85. The molecule has 0 aromatic carbocycles. The average molecular weight is 274 g/mol. The molecule has 2 aromatic rings. The van der Waals surface area contributed by atoms with Gasteiger partial charge in [0, 0.05) is 25.2 Å². The van der Waals surface area contributed by atoms with Crippen LogP contribution in [-0.4, -0.2) is 36.3 Å². The Morgan fingerprint density at radius 1 is 1.55 bits per heavy atom. The van der Waals surface area contributed by atoms with Gasteiger partial charge >= 0.3 is 0 Å². The van der Waals surface area contributed by atoms with Gasteiger partial charge in [-0.3, -0.25) is 4.79 Å². The molecule has 2 aromatic heterocycles. The largest absolute Gasteiger partial charge is 0.350 e. The van der Waals surface area contributed by atoms with E-state index in [1.165, 1.54) is 6.33 Å². The fourth-order valence-corrected chi connectivity index (χ4v) is 2.56. The Kier molecular flexibility index (Phi) is 3.25. The van der Waals surface area contributed by atoms with Crippen molar-refractivity contribution in [1.29, 1.82) is 0 Å². The number of carbonyl (C=O) groups excluding carboxylic acids is 1. The van der Waals surface area contributed by atoms with Gasteiger partial charge in [0.2, 0.25) is 5.91 Å². The van der Waals surface area contributed by atoms with Crippen LogP contribution in [0, 0.1) is 6.92 Å². The van der Waals surface area contributed by atoms with Crippen molar-refractivity contribution in [2.75, 3.05) is 0 Å². The van der Waals surface area contributed by atoms with Gasteiger partial charge in [0.25, 0.3) is 0 Å². The van der Waals surface area contributed by atoms with E-state index < -0.39 is 0 Å². The van der Waals surface area contributed by atoms with Crippen molar-refractivity contribution >= 4 is 5.91 Å². The molecule has 0 fully saturated rings. The molecule has 1 amide bonds. The Morgan fingerprint density at radius 3 is 3.15 bits per heavy atom. The quantitative estimate of drug-likeness (QED) is 0.883. The molecule has 20 heavy (non-hydrogen) atoms. The molecule has 106 valence electrons. The van der Waals surface area contributed by atoms with Crippen molar-refractivity contribution in [3.63, 3.8) is 0 Å². The summed E-state index contributed by atoms with van der Waals surface area (Å²) in [5, 5.41) is 7.08. The van der Waals surface area contributed by atoms with Crippen LogP contribution in [0.3, 0.4) is 0 Å². The van der Waals surface area contributed by atoms with Crippen molar-refractivity contribution in [3.8, 4) is 0 Å². The highest BCUT2D eigenvalue weighted by molar-refractivity contribution is 5.80. The third-order valence-corrected chi connectivity index (χ3v) is 3.67. The Labute approximate surface area is 117 Å². The lowest BCUT2D eigenvalue weighted by atomic mass is 10.1. The fraction of sp³-hybridized carbons (Fsp3) is 0.538. The monoisotopic (exact) mass is 274 g/mol. The van der Waals surface area contributed by atoms with Crippen LogP contribution in [0.2, 0.25) is 0 Å². The minimum atomic E-state index is -0.344. The minimum absolute atomic E-state index is 0.0270. The van der Waals surface area contributed by atoms with E-state index in [2.05, 4.69) is 25.0 Å². The second kappa shape index (κ2) is 5.07. The summed E-state index contributed by atoms with van der Waals surface area (Å²) in [7, 11) is 0. The lowest BCUT2D eigenvalue weighted by Gasteiger charge is -2.26. The van der Waals surface area contributed by atoms with Gasteiger partial charge in [-0.2, -0.15) is 5.10 Å². The summed E-state index contributed by atoms with van der Waals surface area (Å²) >= 11 is 0. The van der Waals surface area contributed by atoms with E-state index >= 15 is 0 Å². The first kappa shape index (κ1) is 12.8. The summed E-state index contributed by atoms with van der Waals surface area (Å²) in [6, 6.07) is -0.196. The molecule has 3 heterocycles. The molecule has 0 bridgehead atoms. The van der Waals surface area contributed by atoms with E-state index in [4.69, 9.17) is 0 Å². The summed E-state index contributed by atoms with van der Waals surface area (Å²) < 4.78 is 3.69. The molecule has 0 radical (unpaired) electrons. The minimum Gasteiger partial charge on any atom is -0.350 e. The normalized spacial score (nSPS) is 19.4. The lowest BCUT2D eigenvalue weighted by Crippen LogP contribution is -2.43. The van der Waals surface area contributed by atoms with Gasteiger partial charge in [-0.05, 0) is 20.3 Å².